The number of fused-ring (bicyclic) bond motifs is 1. The van der Waals surface area contributed by atoms with Gasteiger partial charge in [-0.1, -0.05) is 18.2 Å². The topological polar surface area (TPSA) is 59.8 Å². The molecule has 0 bridgehead atoms. The van der Waals surface area contributed by atoms with Crippen LogP contribution in [0.3, 0.4) is 0 Å². The lowest BCUT2D eigenvalue weighted by Crippen LogP contribution is -2.22. The highest BCUT2D eigenvalue weighted by molar-refractivity contribution is 5.94. The second-order valence-corrected chi connectivity index (χ2v) is 6.20. The third-order valence-electron chi connectivity index (χ3n) is 4.32. The number of carbonyl (C=O) groups excluding carboxylic acids is 1. The number of nitrogens with one attached hydrogen (secondary N) is 1. The molecule has 4 aromatic rings. The Kier molecular flexibility index (Phi) is 4.38. The second kappa shape index (κ2) is 6.99. The highest BCUT2D eigenvalue weighted by Gasteiger charge is 2.12. The van der Waals surface area contributed by atoms with Crippen LogP contribution in [0.2, 0.25) is 0 Å². The fraction of sp³-hybridized carbons (Fsp3) is 0.0952. The maximum atomic E-state index is 13.0. The number of halogens is 1. The predicted octanol–water partition coefficient (Wildman–Crippen LogP) is 3.80. The summed E-state index contributed by atoms with van der Waals surface area (Å²) in [6.07, 6.45) is 1.72. The molecule has 0 aliphatic heterocycles. The van der Waals surface area contributed by atoms with E-state index in [-0.39, 0.29) is 11.7 Å². The molecule has 0 aliphatic rings. The van der Waals surface area contributed by atoms with Crippen molar-refractivity contribution in [3.05, 3.63) is 89.6 Å². The Hall–Kier alpha value is -3.54. The zero-order chi connectivity index (χ0) is 18.8. The standard InChI is InChI=1S/C21H17FN4O/c1-14-25-19-6-3-11-23-20(19)26(14)18-5-2-4-16(12-18)21(27)24-13-15-7-9-17(22)10-8-15/h2-12H,13H2,1H3,(H,24,27). The number of imidazole rings is 1. The van der Waals surface area contributed by atoms with Crippen LogP contribution < -0.4 is 5.32 Å². The van der Waals surface area contributed by atoms with E-state index in [1.165, 1.54) is 12.1 Å². The summed E-state index contributed by atoms with van der Waals surface area (Å²) in [7, 11) is 0. The quantitative estimate of drug-likeness (QED) is 0.602. The summed E-state index contributed by atoms with van der Waals surface area (Å²) < 4.78 is 14.9. The van der Waals surface area contributed by atoms with Crippen molar-refractivity contribution in [3.63, 3.8) is 0 Å². The molecular weight excluding hydrogens is 343 g/mol. The van der Waals surface area contributed by atoms with Crippen LogP contribution in [0.5, 0.6) is 0 Å². The van der Waals surface area contributed by atoms with Gasteiger partial charge in [0.05, 0.1) is 0 Å². The van der Waals surface area contributed by atoms with Gasteiger partial charge in [-0.3, -0.25) is 9.36 Å². The maximum absolute atomic E-state index is 13.0. The fourth-order valence-electron chi connectivity index (χ4n) is 3.01. The van der Waals surface area contributed by atoms with Gasteiger partial charge in [-0.05, 0) is 55.0 Å². The number of rotatable bonds is 4. The SMILES string of the molecule is Cc1nc2cccnc2n1-c1cccc(C(=O)NCc2ccc(F)cc2)c1. The third-order valence-corrected chi connectivity index (χ3v) is 4.32. The summed E-state index contributed by atoms with van der Waals surface area (Å²) in [6, 6.07) is 17.1. The monoisotopic (exact) mass is 360 g/mol. The molecule has 0 spiro atoms. The molecule has 6 heteroatoms. The van der Waals surface area contributed by atoms with Gasteiger partial charge in [0.25, 0.3) is 5.91 Å². The Morgan fingerprint density at radius 2 is 1.93 bits per heavy atom. The first kappa shape index (κ1) is 16.9. The van der Waals surface area contributed by atoms with Crippen LogP contribution in [-0.4, -0.2) is 20.4 Å². The number of amides is 1. The van der Waals surface area contributed by atoms with Gasteiger partial charge in [0.1, 0.15) is 17.2 Å². The molecule has 0 unspecified atom stereocenters. The fourth-order valence-corrected chi connectivity index (χ4v) is 3.01. The van der Waals surface area contributed by atoms with Gasteiger partial charge in [0, 0.05) is 24.0 Å². The molecule has 0 fully saturated rings. The van der Waals surface area contributed by atoms with Gasteiger partial charge in [-0.15, -0.1) is 0 Å². The molecule has 1 amide bonds. The number of hydrogen-bond acceptors (Lipinski definition) is 3. The first-order chi connectivity index (χ1) is 13.1. The molecule has 0 atom stereocenters. The van der Waals surface area contributed by atoms with Crippen molar-refractivity contribution >= 4 is 17.1 Å². The van der Waals surface area contributed by atoms with Crippen molar-refractivity contribution < 1.29 is 9.18 Å². The summed E-state index contributed by atoms with van der Waals surface area (Å²) in [4.78, 5) is 21.5. The summed E-state index contributed by atoms with van der Waals surface area (Å²) in [5, 5.41) is 2.86. The van der Waals surface area contributed by atoms with Gasteiger partial charge in [0.15, 0.2) is 5.65 Å². The molecule has 1 N–H and O–H groups in total. The molecule has 2 heterocycles. The van der Waals surface area contributed by atoms with Crippen LogP contribution in [-0.2, 0) is 6.54 Å². The van der Waals surface area contributed by atoms with Crippen LogP contribution in [0, 0.1) is 12.7 Å². The minimum absolute atomic E-state index is 0.198. The van der Waals surface area contributed by atoms with Gasteiger partial charge < -0.3 is 5.32 Å². The van der Waals surface area contributed by atoms with Crippen molar-refractivity contribution in [2.24, 2.45) is 0 Å². The van der Waals surface area contributed by atoms with E-state index in [1.807, 2.05) is 41.8 Å². The van der Waals surface area contributed by atoms with Crippen LogP contribution in [0.25, 0.3) is 16.9 Å². The van der Waals surface area contributed by atoms with Gasteiger partial charge in [-0.2, -0.15) is 0 Å². The minimum atomic E-state index is -0.297. The van der Waals surface area contributed by atoms with Gasteiger partial charge in [-0.25, -0.2) is 14.4 Å². The molecule has 4 rings (SSSR count). The molecule has 0 aliphatic carbocycles. The van der Waals surface area contributed by atoms with Crippen molar-refractivity contribution in [2.75, 3.05) is 0 Å². The van der Waals surface area contributed by atoms with Gasteiger partial charge >= 0.3 is 0 Å². The lowest BCUT2D eigenvalue weighted by molar-refractivity contribution is 0.0951. The first-order valence-corrected chi connectivity index (χ1v) is 8.55. The molecule has 0 radical (unpaired) electrons. The van der Waals surface area contributed by atoms with Crippen molar-refractivity contribution in [3.8, 4) is 5.69 Å². The van der Waals surface area contributed by atoms with Crippen molar-refractivity contribution in [2.45, 2.75) is 13.5 Å². The van der Waals surface area contributed by atoms with Crippen LogP contribution in [0.15, 0.2) is 66.9 Å². The van der Waals surface area contributed by atoms with E-state index in [1.54, 1.807) is 24.4 Å². The summed E-state index contributed by atoms with van der Waals surface area (Å²) in [5.74, 6) is 0.304. The smallest absolute Gasteiger partial charge is 0.251 e. The molecule has 0 saturated carbocycles. The van der Waals surface area contributed by atoms with E-state index in [4.69, 9.17) is 0 Å². The lowest BCUT2D eigenvalue weighted by Gasteiger charge is -2.09. The summed E-state index contributed by atoms with van der Waals surface area (Å²) in [6.45, 7) is 2.24. The average molecular weight is 360 g/mol. The van der Waals surface area contributed by atoms with Crippen molar-refractivity contribution in [1.29, 1.82) is 0 Å². The first-order valence-electron chi connectivity index (χ1n) is 8.55. The van der Waals surface area contributed by atoms with E-state index in [2.05, 4.69) is 15.3 Å². The highest BCUT2D eigenvalue weighted by Crippen LogP contribution is 2.20. The molecule has 0 saturated heterocycles. The summed E-state index contributed by atoms with van der Waals surface area (Å²) >= 11 is 0. The summed E-state index contributed by atoms with van der Waals surface area (Å²) in [5.41, 5.74) is 3.75. The Morgan fingerprint density at radius 1 is 1.11 bits per heavy atom. The molecular formula is C21H17FN4O. The molecule has 5 nitrogen and oxygen atoms in total. The average Bonchev–Trinajstić information content (AvgIpc) is 3.03. The molecule has 27 heavy (non-hydrogen) atoms. The Bertz CT molecular complexity index is 1120. The number of pyridine rings is 1. The number of carbonyl (C=O) groups is 1. The van der Waals surface area contributed by atoms with E-state index >= 15 is 0 Å². The van der Waals surface area contributed by atoms with E-state index in [0.717, 1.165) is 28.2 Å². The second-order valence-electron chi connectivity index (χ2n) is 6.20. The Morgan fingerprint density at radius 3 is 2.74 bits per heavy atom. The zero-order valence-corrected chi connectivity index (χ0v) is 14.7. The van der Waals surface area contributed by atoms with Crippen LogP contribution in [0.4, 0.5) is 4.39 Å². The van der Waals surface area contributed by atoms with Crippen molar-refractivity contribution in [1.82, 2.24) is 19.9 Å². The predicted molar refractivity (Wildman–Crippen MR) is 101 cm³/mol. The highest BCUT2D eigenvalue weighted by atomic mass is 19.1. The normalized spacial score (nSPS) is 10.9. The van der Waals surface area contributed by atoms with E-state index < -0.39 is 0 Å². The molecule has 2 aromatic carbocycles. The molecule has 134 valence electrons. The number of hydrogen-bond donors (Lipinski definition) is 1. The van der Waals surface area contributed by atoms with Gasteiger partial charge in [0.2, 0.25) is 0 Å². The molecule has 2 aromatic heterocycles. The number of aromatic nitrogens is 3. The maximum Gasteiger partial charge on any atom is 0.251 e. The Labute approximate surface area is 155 Å². The lowest BCUT2D eigenvalue weighted by atomic mass is 10.1. The van der Waals surface area contributed by atoms with Crippen LogP contribution in [0.1, 0.15) is 21.7 Å². The van der Waals surface area contributed by atoms with E-state index in [9.17, 15) is 9.18 Å². The zero-order valence-electron chi connectivity index (χ0n) is 14.7. The Balaban J connectivity index is 1.59. The third kappa shape index (κ3) is 3.42. The van der Waals surface area contributed by atoms with Crippen LogP contribution >= 0.6 is 0 Å². The van der Waals surface area contributed by atoms with E-state index in [0.29, 0.717) is 12.1 Å². The number of benzene rings is 2. The largest absolute Gasteiger partial charge is 0.348 e. The minimum Gasteiger partial charge on any atom is -0.348 e. The number of aryl methyl sites for hydroxylation is 1. The number of nitrogens with zero attached hydrogens (tertiary/aromatic N) is 3.